The van der Waals surface area contributed by atoms with Crippen LogP contribution >= 0.6 is 0 Å². The molecule has 0 radical (unpaired) electrons. The van der Waals surface area contributed by atoms with Crippen LogP contribution in [0.2, 0.25) is 0 Å². The summed E-state index contributed by atoms with van der Waals surface area (Å²) in [5, 5.41) is 0. The average molecular weight is 193 g/mol. The van der Waals surface area contributed by atoms with Crippen LogP contribution in [-0.4, -0.2) is 24.6 Å². The first-order valence-corrected chi connectivity index (χ1v) is 5.24. The number of hydrogen-bond acceptors (Lipinski definition) is 3. The van der Waals surface area contributed by atoms with Crippen molar-refractivity contribution in [3.05, 3.63) is 24.4 Å². The molecule has 1 aromatic heterocycles. The summed E-state index contributed by atoms with van der Waals surface area (Å²) in [6, 6.07) is 6.01. The molecule has 0 spiro atoms. The monoisotopic (exact) mass is 193 g/mol. The van der Waals surface area contributed by atoms with Gasteiger partial charge in [-0.2, -0.15) is 0 Å². The van der Waals surface area contributed by atoms with Gasteiger partial charge < -0.3 is 10.6 Å². The Hall–Kier alpha value is -1.09. The van der Waals surface area contributed by atoms with Gasteiger partial charge in [0.05, 0.1) is 0 Å². The first-order valence-electron chi connectivity index (χ1n) is 5.24. The topological polar surface area (TPSA) is 42.1 Å². The van der Waals surface area contributed by atoms with Crippen LogP contribution in [0, 0.1) is 0 Å². The molecule has 1 heterocycles. The highest BCUT2D eigenvalue weighted by Gasteiger charge is 2.04. The molecule has 3 nitrogen and oxygen atoms in total. The lowest BCUT2D eigenvalue weighted by atomic mass is 10.3. The second kappa shape index (κ2) is 6.38. The summed E-state index contributed by atoms with van der Waals surface area (Å²) in [5.74, 6) is 1.06. The lowest BCUT2D eigenvalue weighted by molar-refractivity contribution is 0.712. The fourth-order valence-electron chi connectivity index (χ4n) is 1.43. The SMILES string of the molecule is CCCN(CCCN)c1ccccn1. The van der Waals surface area contributed by atoms with Crippen LogP contribution in [0.5, 0.6) is 0 Å². The highest BCUT2D eigenvalue weighted by atomic mass is 15.2. The maximum Gasteiger partial charge on any atom is 0.128 e. The second-order valence-corrected chi connectivity index (χ2v) is 3.32. The van der Waals surface area contributed by atoms with Gasteiger partial charge in [0, 0.05) is 19.3 Å². The Bertz CT molecular complexity index is 236. The standard InChI is InChI=1S/C11H19N3/c1-2-9-14(10-5-7-12)11-6-3-4-8-13-11/h3-4,6,8H,2,5,7,9-10,12H2,1H3. The molecule has 3 heteroatoms. The van der Waals surface area contributed by atoms with Gasteiger partial charge in [-0.3, -0.25) is 0 Å². The lowest BCUT2D eigenvalue weighted by Crippen LogP contribution is -2.27. The van der Waals surface area contributed by atoms with Crippen LogP contribution in [0.1, 0.15) is 19.8 Å². The van der Waals surface area contributed by atoms with E-state index < -0.39 is 0 Å². The van der Waals surface area contributed by atoms with E-state index >= 15 is 0 Å². The summed E-state index contributed by atoms with van der Waals surface area (Å²) < 4.78 is 0. The smallest absolute Gasteiger partial charge is 0.128 e. The van der Waals surface area contributed by atoms with E-state index in [0.29, 0.717) is 0 Å². The predicted octanol–water partition coefficient (Wildman–Crippen LogP) is 1.65. The van der Waals surface area contributed by atoms with Gasteiger partial charge in [-0.15, -0.1) is 0 Å². The van der Waals surface area contributed by atoms with Crippen molar-refractivity contribution >= 4 is 5.82 Å². The van der Waals surface area contributed by atoms with Gasteiger partial charge in [0.1, 0.15) is 5.82 Å². The summed E-state index contributed by atoms with van der Waals surface area (Å²) in [4.78, 5) is 6.62. The zero-order valence-corrected chi connectivity index (χ0v) is 8.82. The molecule has 0 fully saturated rings. The third-order valence-electron chi connectivity index (χ3n) is 2.10. The van der Waals surface area contributed by atoms with Gasteiger partial charge in [0.2, 0.25) is 0 Å². The highest BCUT2D eigenvalue weighted by molar-refractivity contribution is 5.37. The zero-order valence-electron chi connectivity index (χ0n) is 8.82. The molecule has 0 aliphatic rings. The highest BCUT2D eigenvalue weighted by Crippen LogP contribution is 2.09. The van der Waals surface area contributed by atoms with Crippen molar-refractivity contribution in [2.45, 2.75) is 19.8 Å². The Labute approximate surface area is 85.9 Å². The van der Waals surface area contributed by atoms with E-state index in [1.165, 1.54) is 0 Å². The minimum atomic E-state index is 0.743. The molecule has 0 saturated heterocycles. The van der Waals surface area contributed by atoms with Crippen molar-refractivity contribution in [3.8, 4) is 0 Å². The van der Waals surface area contributed by atoms with Crippen molar-refractivity contribution in [1.29, 1.82) is 0 Å². The molecule has 78 valence electrons. The van der Waals surface area contributed by atoms with Crippen LogP contribution in [0.15, 0.2) is 24.4 Å². The van der Waals surface area contributed by atoms with Crippen molar-refractivity contribution in [2.75, 3.05) is 24.5 Å². The number of nitrogens with two attached hydrogens (primary N) is 1. The van der Waals surface area contributed by atoms with Crippen molar-refractivity contribution < 1.29 is 0 Å². The van der Waals surface area contributed by atoms with E-state index in [-0.39, 0.29) is 0 Å². The average Bonchev–Trinajstić information content (AvgIpc) is 2.25. The molecule has 0 unspecified atom stereocenters. The largest absolute Gasteiger partial charge is 0.357 e. The van der Waals surface area contributed by atoms with Gasteiger partial charge >= 0.3 is 0 Å². The second-order valence-electron chi connectivity index (χ2n) is 3.32. The van der Waals surface area contributed by atoms with E-state index in [9.17, 15) is 0 Å². The molecule has 2 N–H and O–H groups in total. The van der Waals surface area contributed by atoms with Gasteiger partial charge in [0.15, 0.2) is 0 Å². The molecule has 0 aliphatic carbocycles. The molecular weight excluding hydrogens is 174 g/mol. The van der Waals surface area contributed by atoms with Crippen LogP contribution < -0.4 is 10.6 Å². The quantitative estimate of drug-likeness (QED) is 0.747. The molecule has 14 heavy (non-hydrogen) atoms. The van der Waals surface area contributed by atoms with E-state index in [1.54, 1.807) is 0 Å². The first kappa shape index (κ1) is 11.0. The Morgan fingerprint density at radius 1 is 1.36 bits per heavy atom. The normalized spacial score (nSPS) is 10.1. The molecule has 0 aromatic carbocycles. The number of pyridine rings is 1. The third-order valence-corrected chi connectivity index (χ3v) is 2.10. The summed E-state index contributed by atoms with van der Waals surface area (Å²) in [6.45, 7) is 4.98. The van der Waals surface area contributed by atoms with Crippen LogP contribution in [0.3, 0.4) is 0 Å². The Balaban J connectivity index is 2.58. The minimum absolute atomic E-state index is 0.743. The predicted molar refractivity (Wildman–Crippen MR) is 60.4 cm³/mol. The van der Waals surface area contributed by atoms with E-state index in [1.807, 2.05) is 24.4 Å². The Morgan fingerprint density at radius 3 is 2.79 bits per heavy atom. The summed E-state index contributed by atoms with van der Waals surface area (Å²) in [6.07, 6.45) is 4.00. The molecule has 1 aromatic rings. The van der Waals surface area contributed by atoms with Crippen molar-refractivity contribution in [2.24, 2.45) is 5.73 Å². The van der Waals surface area contributed by atoms with Crippen molar-refractivity contribution in [1.82, 2.24) is 4.98 Å². The van der Waals surface area contributed by atoms with E-state index in [4.69, 9.17) is 5.73 Å². The summed E-state index contributed by atoms with van der Waals surface area (Å²) >= 11 is 0. The number of nitrogens with zero attached hydrogens (tertiary/aromatic N) is 2. The van der Waals surface area contributed by atoms with Crippen molar-refractivity contribution in [3.63, 3.8) is 0 Å². The summed E-state index contributed by atoms with van der Waals surface area (Å²) in [5.41, 5.74) is 5.50. The lowest BCUT2D eigenvalue weighted by Gasteiger charge is -2.22. The minimum Gasteiger partial charge on any atom is -0.357 e. The Morgan fingerprint density at radius 2 is 2.21 bits per heavy atom. The first-order chi connectivity index (χ1) is 6.88. The number of rotatable bonds is 6. The molecule has 0 saturated carbocycles. The molecule has 0 bridgehead atoms. The fraction of sp³-hybridized carbons (Fsp3) is 0.545. The fourth-order valence-corrected chi connectivity index (χ4v) is 1.43. The van der Waals surface area contributed by atoms with E-state index in [2.05, 4.69) is 16.8 Å². The molecule has 0 aliphatic heterocycles. The zero-order chi connectivity index (χ0) is 10.2. The van der Waals surface area contributed by atoms with Crippen LogP contribution in [-0.2, 0) is 0 Å². The number of aromatic nitrogens is 1. The summed E-state index contributed by atoms with van der Waals surface area (Å²) in [7, 11) is 0. The number of hydrogen-bond donors (Lipinski definition) is 1. The van der Waals surface area contributed by atoms with Gasteiger partial charge in [-0.1, -0.05) is 13.0 Å². The van der Waals surface area contributed by atoms with Crippen LogP contribution in [0.25, 0.3) is 0 Å². The van der Waals surface area contributed by atoms with Gasteiger partial charge in [0.25, 0.3) is 0 Å². The Kier molecular flexibility index (Phi) is 5.00. The molecule has 0 amide bonds. The molecule has 1 rings (SSSR count). The number of anilines is 1. The maximum atomic E-state index is 5.50. The third kappa shape index (κ3) is 3.34. The van der Waals surface area contributed by atoms with E-state index in [0.717, 1.165) is 38.3 Å². The van der Waals surface area contributed by atoms with Gasteiger partial charge in [-0.25, -0.2) is 4.98 Å². The maximum absolute atomic E-state index is 5.50. The van der Waals surface area contributed by atoms with Gasteiger partial charge in [-0.05, 0) is 31.5 Å². The van der Waals surface area contributed by atoms with Crippen LogP contribution in [0.4, 0.5) is 5.82 Å². The molecular formula is C11H19N3. The molecule has 0 atom stereocenters.